The molecule has 140 valence electrons. The van der Waals surface area contributed by atoms with Crippen LogP contribution in [0.5, 0.6) is 0 Å². The zero-order valence-corrected chi connectivity index (χ0v) is 15.7. The van der Waals surface area contributed by atoms with Gasteiger partial charge in [0, 0.05) is 12.1 Å². The van der Waals surface area contributed by atoms with Crippen LogP contribution in [-0.2, 0) is 14.8 Å². The molecule has 0 heterocycles. The zero-order valence-electron chi connectivity index (χ0n) is 14.9. The van der Waals surface area contributed by atoms with E-state index in [9.17, 15) is 17.6 Å². The van der Waals surface area contributed by atoms with E-state index in [2.05, 4.69) is 5.32 Å². The summed E-state index contributed by atoms with van der Waals surface area (Å²) < 4.78 is 40.6. The van der Waals surface area contributed by atoms with Gasteiger partial charge in [0.1, 0.15) is 5.82 Å². The van der Waals surface area contributed by atoms with Crippen molar-refractivity contribution in [2.24, 2.45) is 0 Å². The molecule has 1 saturated carbocycles. The number of hydrogen-bond acceptors (Lipinski definition) is 3. The maximum absolute atomic E-state index is 13.2. The van der Waals surface area contributed by atoms with Crippen LogP contribution >= 0.6 is 0 Å². The Kier molecular flexibility index (Phi) is 6.95. The van der Waals surface area contributed by atoms with Crippen LogP contribution in [0.4, 0.5) is 4.39 Å². The van der Waals surface area contributed by atoms with Gasteiger partial charge in [-0.25, -0.2) is 12.8 Å². The summed E-state index contributed by atoms with van der Waals surface area (Å²) in [5.74, 6) is -0.789. The number of nitrogens with zero attached hydrogens (tertiary/aromatic N) is 1. The van der Waals surface area contributed by atoms with Gasteiger partial charge in [0.2, 0.25) is 15.9 Å². The first-order valence-corrected chi connectivity index (χ1v) is 10.4. The molecule has 1 atom stereocenters. The highest BCUT2D eigenvalue weighted by atomic mass is 32.2. The third kappa shape index (κ3) is 5.25. The molecule has 0 aromatic heterocycles. The number of benzene rings is 1. The van der Waals surface area contributed by atoms with Gasteiger partial charge in [-0.15, -0.1) is 0 Å². The standard InChI is InChI=1S/C18H27FN2O3S/c1-3-14(2)20-18(22)13-21(16-7-5-4-6-8-16)25(23,24)17-11-9-15(19)10-12-17/h9-12,14,16H,3-8,13H2,1-2H3,(H,20,22)/t14-/m1/s1. The minimum atomic E-state index is -3.85. The molecule has 7 heteroatoms. The van der Waals surface area contributed by atoms with Crippen molar-refractivity contribution in [3.05, 3.63) is 30.1 Å². The number of rotatable bonds is 7. The summed E-state index contributed by atoms with van der Waals surface area (Å²) in [4.78, 5) is 12.3. The van der Waals surface area contributed by atoms with Gasteiger partial charge in [0.25, 0.3) is 0 Å². The number of halogens is 1. The molecule has 1 aromatic carbocycles. The SMILES string of the molecule is CC[C@@H](C)NC(=O)CN(C1CCCCC1)S(=O)(=O)c1ccc(F)cc1. The minimum absolute atomic E-state index is 0.00534. The first kappa shape index (κ1) is 19.8. The molecular formula is C18H27FN2O3S. The van der Waals surface area contributed by atoms with Gasteiger partial charge in [-0.1, -0.05) is 26.2 Å². The molecule has 1 aromatic rings. The highest BCUT2D eigenvalue weighted by Gasteiger charge is 2.34. The number of amides is 1. The van der Waals surface area contributed by atoms with Crippen molar-refractivity contribution < 1.29 is 17.6 Å². The fourth-order valence-electron chi connectivity index (χ4n) is 3.09. The average molecular weight is 370 g/mol. The van der Waals surface area contributed by atoms with E-state index in [1.54, 1.807) is 0 Å². The molecule has 2 rings (SSSR count). The van der Waals surface area contributed by atoms with Crippen molar-refractivity contribution >= 4 is 15.9 Å². The first-order valence-electron chi connectivity index (χ1n) is 8.91. The van der Waals surface area contributed by atoms with Crippen molar-refractivity contribution in [3.63, 3.8) is 0 Å². The van der Waals surface area contributed by atoms with Crippen LogP contribution in [0.15, 0.2) is 29.2 Å². The van der Waals surface area contributed by atoms with Crippen LogP contribution in [0.25, 0.3) is 0 Å². The normalized spacial score (nSPS) is 17.4. The maximum Gasteiger partial charge on any atom is 0.243 e. The van der Waals surface area contributed by atoms with Crippen LogP contribution in [0.1, 0.15) is 52.4 Å². The summed E-state index contributed by atoms with van der Waals surface area (Å²) in [6.07, 6.45) is 5.26. The fourth-order valence-corrected chi connectivity index (χ4v) is 4.73. The quantitative estimate of drug-likeness (QED) is 0.802. The molecule has 1 fully saturated rings. The monoisotopic (exact) mass is 370 g/mol. The molecule has 0 aliphatic heterocycles. The van der Waals surface area contributed by atoms with Crippen molar-refractivity contribution in [2.75, 3.05) is 6.54 Å². The highest BCUT2D eigenvalue weighted by molar-refractivity contribution is 7.89. The van der Waals surface area contributed by atoms with E-state index < -0.39 is 15.8 Å². The highest BCUT2D eigenvalue weighted by Crippen LogP contribution is 2.27. The Balaban J connectivity index is 2.26. The molecule has 0 bridgehead atoms. The fraction of sp³-hybridized carbons (Fsp3) is 0.611. The smallest absolute Gasteiger partial charge is 0.243 e. The summed E-state index contributed by atoms with van der Waals surface area (Å²) in [5, 5.41) is 2.83. The Morgan fingerprint density at radius 3 is 2.40 bits per heavy atom. The van der Waals surface area contributed by atoms with E-state index in [1.807, 2.05) is 13.8 Å². The van der Waals surface area contributed by atoms with E-state index in [0.717, 1.165) is 50.7 Å². The van der Waals surface area contributed by atoms with Crippen LogP contribution in [0.3, 0.4) is 0 Å². The Labute approximate surface area is 149 Å². The lowest BCUT2D eigenvalue weighted by atomic mass is 9.95. The van der Waals surface area contributed by atoms with E-state index >= 15 is 0 Å². The maximum atomic E-state index is 13.2. The van der Waals surface area contributed by atoms with Gasteiger partial charge < -0.3 is 5.32 Å². The van der Waals surface area contributed by atoms with Gasteiger partial charge in [-0.3, -0.25) is 4.79 Å². The van der Waals surface area contributed by atoms with E-state index in [1.165, 1.54) is 16.4 Å². The topological polar surface area (TPSA) is 66.5 Å². The summed E-state index contributed by atoms with van der Waals surface area (Å²) in [6.45, 7) is 3.64. The van der Waals surface area contributed by atoms with Crippen LogP contribution < -0.4 is 5.32 Å². The molecule has 5 nitrogen and oxygen atoms in total. The lowest BCUT2D eigenvalue weighted by Gasteiger charge is -2.33. The molecule has 1 amide bonds. The first-order chi connectivity index (χ1) is 11.8. The van der Waals surface area contributed by atoms with Gasteiger partial charge in [0.15, 0.2) is 0 Å². The molecule has 0 unspecified atom stereocenters. The van der Waals surface area contributed by atoms with Gasteiger partial charge in [-0.05, 0) is 50.5 Å². The molecule has 1 aliphatic rings. The number of carbonyl (C=O) groups is 1. The number of hydrogen-bond donors (Lipinski definition) is 1. The molecule has 0 radical (unpaired) electrons. The molecule has 0 spiro atoms. The van der Waals surface area contributed by atoms with Gasteiger partial charge in [-0.2, -0.15) is 4.31 Å². The van der Waals surface area contributed by atoms with E-state index in [4.69, 9.17) is 0 Å². The van der Waals surface area contributed by atoms with Crippen LogP contribution in [0, 0.1) is 5.82 Å². The third-order valence-electron chi connectivity index (χ3n) is 4.72. The summed E-state index contributed by atoms with van der Waals surface area (Å²) >= 11 is 0. The molecule has 1 aliphatic carbocycles. The Morgan fingerprint density at radius 1 is 1.24 bits per heavy atom. The van der Waals surface area contributed by atoms with Crippen molar-refractivity contribution in [2.45, 2.75) is 69.4 Å². The zero-order chi connectivity index (χ0) is 18.4. The summed E-state index contributed by atoms with van der Waals surface area (Å²) in [6, 6.07) is 4.58. The second kappa shape index (κ2) is 8.76. The Bertz CT molecular complexity index is 670. The molecule has 0 saturated heterocycles. The average Bonchev–Trinajstić information content (AvgIpc) is 2.60. The number of sulfonamides is 1. The van der Waals surface area contributed by atoms with Crippen molar-refractivity contribution in [1.82, 2.24) is 9.62 Å². The van der Waals surface area contributed by atoms with E-state index in [-0.39, 0.29) is 29.4 Å². The second-order valence-electron chi connectivity index (χ2n) is 6.67. The van der Waals surface area contributed by atoms with E-state index in [0.29, 0.717) is 0 Å². The molecular weight excluding hydrogens is 343 g/mol. The number of nitrogens with one attached hydrogen (secondary N) is 1. The predicted molar refractivity (Wildman–Crippen MR) is 95.1 cm³/mol. The minimum Gasteiger partial charge on any atom is -0.353 e. The van der Waals surface area contributed by atoms with Crippen molar-refractivity contribution in [1.29, 1.82) is 0 Å². The predicted octanol–water partition coefficient (Wildman–Crippen LogP) is 3.06. The van der Waals surface area contributed by atoms with Crippen LogP contribution in [0.2, 0.25) is 0 Å². The molecule has 25 heavy (non-hydrogen) atoms. The van der Waals surface area contributed by atoms with Gasteiger partial charge in [0.05, 0.1) is 11.4 Å². The Morgan fingerprint density at radius 2 is 1.84 bits per heavy atom. The lowest BCUT2D eigenvalue weighted by molar-refractivity contribution is -0.122. The summed E-state index contributed by atoms with van der Waals surface area (Å²) in [5.41, 5.74) is 0. The lowest BCUT2D eigenvalue weighted by Crippen LogP contribution is -2.48. The Hall–Kier alpha value is -1.47. The number of carbonyl (C=O) groups excluding carboxylic acids is 1. The third-order valence-corrected chi connectivity index (χ3v) is 6.63. The molecule has 1 N–H and O–H groups in total. The van der Waals surface area contributed by atoms with Crippen molar-refractivity contribution in [3.8, 4) is 0 Å². The largest absolute Gasteiger partial charge is 0.353 e. The van der Waals surface area contributed by atoms with Crippen LogP contribution in [-0.4, -0.2) is 37.3 Å². The second-order valence-corrected chi connectivity index (χ2v) is 8.56. The van der Waals surface area contributed by atoms with Gasteiger partial charge >= 0.3 is 0 Å². The summed E-state index contributed by atoms with van der Waals surface area (Å²) in [7, 11) is -3.85.